The number of hydrogen-bond acceptors (Lipinski definition) is 1. The first-order chi connectivity index (χ1) is 3.34. The minimum Gasteiger partial charge on any atom is -0.376 e. The second kappa shape index (κ2) is 1.83. The molecule has 2 unspecified atom stereocenters. The molecule has 0 bridgehead atoms. The van der Waals surface area contributed by atoms with Gasteiger partial charge in [0.1, 0.15) is 0 Å². The van der Waals surface area contributed by atoms with Gasteiger partial charge in [0.15, 0.2) is 0 Å². The van der Waals surface area contributed by atoms with Crippen molar-refractivity contribution >= 4 is 0 Å². The van der Waals surface area contributed by atoms with Gasteiger partial charge in [-0.05, 0) is 18.8 Å². The monoisotopic (exact) mass is 99.1 g/mol. The molecule has 0 N–H and O–H groups in total. The van der Waals surface area contributed by atoms with Gasteiger partial charge in [-0.25, -0.2) is 0 Å². The largest absolute Gasteiger partial charge is 0.376 e. The molecule has 0 amide bonds. The molecule has 0 aliphatic heterocycles. The Kier molecular flexibility index (Phi) is 1.33. The van der Waals surface area contributed by atoms with Gasteiger partial charge >= 0.3 is 0 Å². The van der Waals surface area contributed by atoms with Crippen molar-refractivity contribution < 1.29 is 4.74 Å². The van der Waals surface area contributed by atoms with Crippen LogP contribution in [0, 0.1) is 13.0 Å². The minimum absolute atomic E-state index is 0.472. The molecule has 2 atom stereocenters. The zero-order chi connectivity index (χ0) is 5.28. The fourth-order valence-corrected chi connectivity index (χ4v) is 0.884. The maximum atomic E-state index is 4.85. The smallest absolute Gasteiger partial charge is 0.0704 e. The van der Waals surface area contributed by atoms with E-state index in [0.29, 0.717) is 6.10 Å². The first kappa shape index (κ1) is 5.10. The summed E-state index contributed by atoms with van der Waals surface area (Å²) in [6, 6.07) is 0. The van der Waals surface area contributed by atoms with Crippen molar-refractivity contribution in [2.24, 2.45) is 5.92 Å². The molecule has 1 heteroatoms. The molecule has 7 heavy (non-hydrogen) atoms. The summed E-state index contributed by atoms with van der Waals surface area (Å²) in [4.78, 5) is 0. The average molecular weight is 99.2 g/mol. The van der Waals surface area contributed by atoms with Crippen LogP contribution in [0.25, 0.3) is 0 Å². The summed E-state index contributed by atoms with van der Waals surface area (Å²) in [5, 5.41) is 0. The van der Waals surface area contributed by atoms with Gasteiger partial charge in [0, 0.05) is 0 Å². The van der Waals surface area contributed by atoms with Gasteiger partial charge in [-0.3, -0.25) is 0 Å². The lowest BCUT2D eigenvalue weighted by Crippen LogP contribution is -2.29. The lowest BCUT2D eigenvalue weighted by molar-refractivity contribution is 0.0150. The fraction of sp³-hybridized carbons (Fsp3) is 0.833. The Morgan fingerprint density at radius 1 is 1.57 bits per heavy atom. The van der Waals surface area contributed by atoms with Crippen LogP contribution in [0.5, 0.6) is 0 Å². The lowest BCUT2D eigenvalue weighted by atomic mass is 9.84. The number of rotatable bonds is 1. The SMILES string of the molecule is [CH2]OC1CCC1C. The van der Waals surface area contributed by atoms with E-state index >= 15 is 0 Å². The third-order valence-corrected chi connectivity index (χ3v) is 1.76. The zero-order valence-corrected chi connectivity index (χ0v) is 4.68. The predicted molar refractivity (Wildman–Crippen MR) is 28.6 cm³/mol. The summed E-state index contributed by atoms with van der Waals surface area (Å²) < 4.78 is 4.85. The molecule has 1 saturated carbocycles. The molecular formula is C6H11O. The van der Waals surface area contributed by atoms with E-state index in [1.165, 1.54) is 12.8 Å². The first-order valence-corrected chi connectivity index (χ1v) is 2.75. The summed E-state index contributed by atoms with van der Waals surface area (Å²) in [6.45, 7) is 2.19. The maximum absolute atomic E-state index is 4.85. The summed E-state index contributed by atoms with van der Waals surface area (Å²) in [5.74, 6) is 0.762. The van der Waals surface area contributed by atoms with Gasteiger partial charge in [0.2, 0.25) is 0 Å². The van der Waals surface area contributed by atoms with E-state index in [1.807, 2.05) is 0 Å². The van der Waals surface area contributed by atoms with Crippen molar-refractivity contribution in [3.05, 3.63) is 7.11 Å². The van der Waals surface area contributed by atoms with Gasteiger partial charge < -0.3 is 4.74 Å². The summed E-state index contributed by atoms with van der Waals surface area (Å²) in [5.41, 5.74) is 0. The van der Waals surface area contributed by atoms with Gasteiger partial charge in [0.25, 0.3) is 0 Å². The van der Waals surface area contributed by atoms with Crippen LogP contribution in [-0.2, 0) is 4.74 Å². The highest BCUT2D eigenvalue weighted by Gasteiger charge is 2.25. The maximum Gasteiger partial charge on any atom is 0.0704 e. The zero-order valence-electron chi connectivity index (χ0n) is 4.68. The normalized spacial score (nSPS) is 40.3. The van der Waals surface area contributed by atoms with E-state index in [4.69, 9.17) is 4.74 Å². The van der Waals surface area contributed by atoms with Crippen molar-refractivity contribution in [3.63, 3.8) is 0 Å². The van der Waals surface area contributed by atoms with E-state index in [-0.39, 0.29) is 0 Å². The Labute approximate surface area is 44.7 Å². The molecule has 1 aliphatic rings. The molecule has 41 valence electrons. The summed E-state index contributed by atoms with van der Waals surface area (Å²) in [6.07, 6.45) is 3.00. The van der Waals surface area contributed by atoms with Gasteiger partial charge in [-0.1, -0.05) is 6.92 Å². The molecule has 0 saturated heterocycles. The lowest BCUT2D eigenvalue weighted by Gasteiger charge is -2.31. The molecule has 0 aromatic heterocycles. The molecule has 0 spiro atoms. The third-order valence-electron chi connectivity index (χ3n) is 1.76. The van der Waals surface area contributed by atoms with E-state index in [2.05, 4.69) is 14.0 Å². The van der Waals surface area contributed by atoms with Gasteiger partial charge in [-0.15, -0.1) is 0 Å². The van der Waals surface area contributed by atoms with Crippen LogP contribution < -0.4 is 0 Å². The molecule has 0 heterocycles. The number of ether oxygens (including phenoxy) is 1. The van der Waals surface area contributed by atoms with Crippen LogP contribution in [-0.4, -0.2) is 6.10 Å². The first-order valence-electron chi connectivity index (χ1n) is 2.75. The predicted octanol–water partition coefficient (Wildman–Crippen LogP) is 1.59. The van der Waals surface area contributed by atoms with Crippen LogP contribution in [0.2, 0.25) is 0 Å². The molecular weight excluding hydrogens is 88.1 g/mol. The Balaban J connectivity index is 2.16. The van der Waals surface area contributed by atoms with Crippen molar-refractivity contribution in [2.75, 3.05) is 0 Å². The average Bonchev–Trinajstić information content (AvgIpc) is 1.65. The summed E-state index contributed by atoms with van der Waals surface area (Å²) in [7, 11) is 3.36. The van der Waals surface area contributed by atoms with E-state index < -0.39 is 0 Å². The Bertz CT molecular complexity index is 59.2. The Morgan fingerprint density at radius 3 is 2.29 bits per heavy atom. The van der Waals surface area contributed by atoms with Gasteiger partial charge in [-0.2, -0.15) is 0 Å². The van der Waals surface area contributed by atoms with E-state index in [0.717, 1.165) is 5.92 Å². The Morgan fingerprint density at radius 2 is 2.29 bits per heavy atom. The van der Waals surface area contributed by atoms with Crippen molar-refractivity contribution in [1.82, 2.24) is 0 Å². The fourth-order valence-electron chi connectivity index (χ4n) is 0.884. The van der Waals surface area contributed by atoms with Crippen LogP contribution in [0.4, 0.5) is 0 Å². The molecule has 0 aromatic rings. The summed E-state index contributed by atoms with van der Waals surface area (Å²) >= 11 is 0. The molecule has 1 radical (unpaired) electrons. The molecule has 0 aromatic carbocycles. The second-order valence-electron chi connectivity index (χ2n) is 2.26. The molecule has 1 fully saturated rings. The van der Waals surface area contributed by atoms with Gasteiger partial charge in [0.05, 0.1) is 13.2 Å². The minimum atomic E-state index is 0.472. The van der Waals surface area contributed by atoms with Crippen LogP contribution >= 0.6 is 0 Å². The standard InChI is InChI=1S/C6H11O/c1-5-3-4-6(5)7-2/h5-6H,2-4H2,1H3. The van der Waals surface area contributed by atoms with Crippen LogP contribution in [0.15, 0.2) is 0 Å². The van der Waals surface area contributed by atoms with Crippen LogP contribution in [0.3, 0.4) is 0 Å². The second-order valence-corrected chi connectivity index (χ2v) is 2.26. The quantitative estimate of drug-likeness (QED) is 0.485. The van der Waals surface area contributed by atoms with Crippen molar-refractivity contribution in [1.29, 1.82) is 0 Å². The molecule has 1 aliphatic carbocycles. The molecule has 1 rings (SSSR count). The Hall–Kier alpha value is -0.0400. The molecule has 1 nitrogen and oxygen atoms in total. The van der Waals surface area contributed by atoms with Crippen LogP contribution in [0.1, 0.15) is 19.8 Å². The van der Waals surface area contributed by atoms with E-state index in [1.54, 1.807) is 0 Å². The number of hydrogen-bond donors (Lipinski definition) is 0. The van der Waals surface area contributed by atoms with E-state index in [9.17, 15) is 0 Å². The van der Waals surface area contributed by atoms with Crippen molar-refractivity contribution in [2.45, 2.75) is 25.9 Å². The highest BCUT2D eigenvalue weighted by atomic mass is 16.5. The third kappa shape index (κ3) is 0.778. The topological polar surface area (TPSA) is 9.23 Å². The highest BCUT2D eigenvalue weighted by Crippen LogP contribution is 2.28. The highest BCUT2D eigenvalue weighted by molar-refractivity contribution is 4.77. The van der Waals surface area contributed by atoms with Crippen molar-refractivity contribution in [3.8, 4) is 0 Å².